The van der Waals surface area contributed by atoms with Crippen LogP contribution in [0.2, 0.25) is 0 Å². The van der Waals surface area contributed by atoms with Gasteiger partial charge in [0.25, 0.3) is 0 Å². The molecule has 0 aromatic rings. The first-order valence-electron chi connectivity index (χ1n) is 4.29. The molecule has 1 heterocycles. The third kappa shape index (κ3) is 3.09. The van der Waals surface area contributed by atoms with Crippen LogP contribution in [0.5, 0.6) is 0 Å². The first-order valence-corrected chi connectivity index (χ1v) is 4.29. The van der Waals surface area contributed by atoms with Crippen LogP contribution in [-0.2, 0) is 0 Å². The van der Waals surface area contributed by atoms with Gasteiger partial charge in [-0.2, -0.15) is 0 Å². The fourth-order valence-electron chi connectivity index (χ4n) is 1.50. The molecule has 0 aromatic carbocycles. The van der Waals surface area contributed by atoms with E-state index in [-0.39, 0.29) is 6.04 Å². The standard InChI is InChI=1S/C7H13N3O4/c11-6(12)9-4-1-2-8-3-5(4)10-7(13)14/h4-5,8-10H,1-3H2,(H,11,12)(H,13,14)/t4-,5+/m1/s1. The molecule has 14 heavy (non-hydrogen) atoms. The molecule has 1 fully saturated rings. The number of carboxylic acid groups (broad SMARTS) is 2. The number of rotatable bonds is 2. The fourth-order valence-corrected chi connectivity index (χ4v) is 1.50. The number of piperidine rings is 1. The molecule has 0 bridgehead atoms. The van der Waals surface area contributed by atoms with Crippen molar-refractivity contribution >= 4 is 12.2 Å². The molecular formula is C7H13N3O4. The summed E-state index contributed by atoms with van der Waals surface area (Å²) in [4.78, 5) is 20.8. The zero-order valence-corrected chi connectivity index (χ0v) is 7.49. The highest BCUT2D eigenvalue weighted by atomic mass is 16.4. The normalized spacial score (nSPS) is 26.6. The van der Waals surface area contributed by atoms with Gasteiger partial charge in [0.2, 0.25) is 0 Å². The van der Waals surface area contributed by atoms with Gasteiger partial charge in [-0.05, 0) is 13.0 Å². The maximum absolute atomic E-state index is 10.4. The number of hydrogen-bond donors (Lipinski definition) is 5. The minimum absolute atomic E-state index is 0.357. The summed E-state index contributed by atoms with van der Waals surface area (Å²) in [6.45, 7) is 1.12. The van der Waals surface area contributed by atoms with Gasteiger partial charge in [0.1, 0.15) is 0 Å². The van der Waals surface area contributed by atoms with Crippen molar-refractivity contribution in [3.63, 3.8) is 0 Å². The number of nitrogens with one attached hydrogen (secondary N) is 3. The highest BCUT2D eigenvalue weighted by molar-refractivity contribution is 5.67. The largest absolute Gasteiger partial charge is 0.465 e. The Balaban J connectivity index is 2.49. The summed E-state index contributed by atoms with van der Waals surface area (Å²) in [5.41, 5.74) is 0. The number of carbonyl (C=O) groups is 2. The van der Waals surface area contributed by atoms with Gasteiger partial charge in [-0.3, -0.25) is 0 Å². The average Bonchev–Trinajstić information content (AvgIpc) is 2.06. The Morgan fingerprint density at radius 1 is 1.14 bits per heavy atom. The van der Waals surface area contributed by atoms with E-state index in [2.05, 4.69) is 16.0 Å². The van der Waals surface area contributed by atoms with Crippen LogP contribution in [-0.4, -0.2) is 47.6 Å². The molecule has 7 nitrogen and oxygen atoms in total. The Hall–Kier alpha value is -1.50. The molecule has 2 atom stereocenters. The summed E-state index contributed by atoms with van der Waals surface area (Å²) in [6, 6.07) is -0.762. The molecule has 1 aliphatic rings. The molecule has 0 aromatic heterocycles. The fraction of sp³-hybridized carbons (Fsp3) is 0.714. The summed E-state index contributed by atoms with van der Waals surface area (Å²) in [5.74, 6) is 0. The van der Waals surface area contributed by atoms with E-state index in [1.807, 2.05) is 0 Å². The lowest BCUT2D eigenvalue weighted by Gasteiger charge is -2.31. The van der Waals surface area contributed by atoms with Crippen LogP contribution >= 0.6 is 0 Å². The molecule has 0 unspecified atom stereocenters. The summed E-state index contributed by atoms with van der Waals surface area (Å²) < 4.78 is 0. The number of amides is 2. The molecule has 80 valence electrons. The topological polar surface area (TPSA) is 111 Å². The van der Waals surface area contributed by atoms with Crippen molar-refractivity contribution in [2.45, 2.75) is 18.5 Å². The molecule has 1 aliphatic heterocycles. The molecule has 1 rings (SSSR count). The second kappa shape index (κ2) is 4.66. The van der Waals surface area contributed by atoms with E-state index in [0.29, 0.717) is 19.5 Å². The van der Waals surface area contributed by atoms with Gasteiger partial charge < -0.3 is 26.2 Å². The van der Waals surface area contributed by atoms with E-state index in [4.69, 9.17) is 10.2 Å². The summed E-state index contributed by atoms with van der Waals surface area (Å²) in [7, 11) is 0. The molecular weight excluding hydrogens is 190 g/mol. The second-order valence-corrected chi connectivity index (χ2v) is 3.10. The maximum atomic E-state index is 10.4. The predicted octanol–water partition coefficient (Wildman–Crippen LogP) is -0.748. The van der Waals surface area contributed by atoms with Gasteiger partial charge >= 0.3 is 12.2 Å². The Morgan fingerprint density at radius 3 is 2.29 bits per heavy atom. The summed E-state index contributed by atoms with van der Waals surface area (Å²) in [5, 5.41) is 24.6. The van der Waals surface area contributed by atoms with Gasteiger partial charge in [0.05, 0.1) is 12.1 Å². The minimum atomic E-state index is -1.14. The highest BCUT2D eigenvalue weighted by Crippen LogP contribution is 2.03. The number of hydrogen-bond acceptors (Lipinski definition) is 3. The van der Waals surface area contributed by atoms with Gasteiger partial charge in [0.15, 0.2) is 0 Å². The first kappa shape index (κ1) is 10.6. The minimum Gasteiger partial charge on any atom is -0.465 e. The third-order valence-electron chi connectivity index (χ3n) is 2.10. The van der Waals surface area contributed by atoms with Crippen LogP contribution in [0.1, 0.15) is 6.42 Å². The Labute approximate surface area is 80.5 Å². The molecule has 0 spiro atoms. The zero-order valence-electron chi connectivity index (χ0n) is 7.49. The van der Waals surface area contributed by atoms with Crippen molar-refractivity contribution in [3.05, 3.63) is 0 Å². The molecule has 1 saturated heterocycles. The Morgan fingerprint density at radius 2 is 1.71 bits per heavy atom. The smallest absolute Gasteiger partial charge is 0.404 e. The van der Waals surface area contributed by atoms with Crippen LogP contribution in [0.15, 0.2) is 0 Å². The molecule has 0 radical (unpaired) electrons. The highest BCUT2D eigenvalue weighted by Gasteiger charge is 2.27. The lowest BCUT2D eigenvalue weighted by molar-refractivity contribution is 0.169. The van der Waals surface area contributed by atoms with Gasteiger partial charge in [-0.25, -0.2) is 9.59 Å². The molecule has 7 heteroatoms. The Kier molecular flexibility index (Phi) is 3.52. The van der Waals surface area contributed by atoms with Crippen molar-refractivity contribution in [2.24, 2.45) is 0 Å². The molecule has 5 N–H and O–H groups in total. The summed E-state index contributed by atoms with van der Waals surface area (Å²) >= 11 is 0. The zero-order chi connectivity index (χ0) is 10.6. The molecule has 0 aliphatic carbocycles. The van der Waals surface area contributed by atoms with Crippen LogP contribution in [0.4, 0.5) is 9.59 Å². The first-order chi connectivity index (χ1) is 6.59. The van der Waals surface area contributed by atoms with Gasteiger partial charge in [0, 0.05) is 6.54 Å². The third-order valence-corrected chi connectivity index (χ3v) is 2.10. The van der Waals surface area contributed by atoms with Crippen LogP contribution in [0, 0.1) is 0 Å². The lowest BCUT2D eigenvalue weighted by Crippen LogP contribution is -2.59. The summed E-state index contributed by atoms with van der Waals surface area (Å²) in [6.07, 6.45) is -1.69. The van der Waals surface area contributed by atoms with E-state index >= 15 is 0 Å². The van der Waals surface area contributed by atoms with Crippen LogP contribution in [0.3, 0.4) is 0 Å². The van der Waals surface area contributed by atoms with Crippen molar-refractivity contribution in [3.8, 4) is 0 Å². The Bertz CT molecular complexity index is 209. The van der Waals surface area contributed by atoms with Crippen LogP contribution < -0.4 is 16.0 Å². The van der Waals surface area contributed by atoms with E-state index in [0.717, 1.165) is 0 Å². The van der Waals surface area contributed by atoms with E-state index in [9.17, 15) is 9.59 Å². The SMILES string of the molecule is O=C(O)N[C@H]1CNCC[C@H]1NC(=O)O. The lowest BCUT2D eigenvalue weighted by atomic mass is 10.0. The second-order valence-electron chi connectivity index (χ2n) is 3.10. The van der Waals surface area contributed by atoms with Gasteiger partial charge in [-0.15, -0.1) is 0 Å². The van der Waals surface area contributed by atoms with Crippen molar-refractivity contribution in [1.82, 2.24) is 16.0 Å². The monoisotopic (exact) mass is 203 g/mol. The van der Waals surface area contributed by atoms with E-state index < -0.39 is 18.2 Å². The van der Waals surface area contributed by atoms with E-state index in [1.165, 1.54) is 0 Å². The van der Waals surface area contributed by atoms with Crippen molar-refractivity contribution < 1.29 is 19.8 Å². The van der Waals surface area contributed by atoms with Crippen molar-refractivity contribution in [1.29, 1.82) is 0 Å². The van der Waals surface area contributed by atoms with Crippen LogP contribution in [0.25, 0.3) is 0 Å². The quantitative estimate of drug-likeness (QED) is 0.405. The maximum Gasteiger partial charge on any atom is 0.404 e. The predicted molar refractivity (Wildman–Crippen MR) is 47.4 cm³/mol. The van der Waals surface area contributed by atoms with E-state index in [1.54, 1.807) is 0 Å². The van der Waals surface area contributed by atoms with Crippen molar-refractivity contribution in [2.75, 3.05) is 13.1 Å². The van der Waals surface area contributed by atoms with Gasteiger partial charge in [-0.1, -0.05) is 0 Å². The molecule has 2 amide bonds. The average molecular weight is 203 g/mol. The molecule has 0 saturated carbocycles.